The predicted molar refractivity (Wildman–Crippen MR) is 90.9 cm³/mol. The third-order valence-corrected chi connectivity index (χ3v) is 5.75. The predicted octanol–water partition coefficient (Wildman–Crippen LogP) is 4.31. The van der Waals surface area contributed by atoms with Gasteiger partial charge in [0.05, 0.1) is 0 Å². The van der Waals surface area contributed by atoms with Crippen LogP contribution in [-0.2, 0) is 4.79 Å². The summed E-state index contributed by atoms with van der Waals surface area (Å²) in [5.74, 6) is -0.697. The van der Waals surface area contributed by atoms with Gasteiger partial charge < -0.3 is 10.4 Å². The maximum Gasteiger partial charge on any atom is 0.323 e. The Morgan fingerprint density at radius 2 is 2.19 bits per heavy atom. The van der Waals surface area contributed by atoms with Crippen molar-refractivity contribution >= 4 is 33.7 Å². The molecule has 0 saturated heterocycles. The fourth-order valence-corrected chi connectivity index (χ4v) is 4.42. The topological polar surface area (TPSA) is 49.3 Å². The summed E-state index contributed by atoms with van der Waals surface area (Å²) in [5, 5.41) is 13.3. The Morgan fingerprint density at radius 1 is 1.48 bits per heavy atom. The number of nitrogens with one attached hydrogen (secondary N) is 1. The fraction of sp³-hybridized carbons (Fsp3) is 0.562. The molecule has 2 atom stereocenters. The van der Waals surface area contributed by atoms with Gasteiger partial charge >= 0.3 is 5.97 Å². The first-order chi connectivity index (χ1) is 10.1. The number of hydrogen-bond donors (Lipinski definition) is 2. The molecule has 1 fully saturated rings. The molecule has 0 aromatic heterocycles. The second-order valence-electron chi connectivity index (χ2n) is 5.60. The highest BCUT2D eigenvalue weighted by Gasteiger charge is 2.42. The Kier molecular flexibility index (Phi) is 6.14. The first-order valence-corrected chi connectivity index (χ1v) is 9.13. The lowest BCUT2D eigenvalue weighted by Crippen LogP contribution is -2.55. The van der Waals surface area contributed by atoms with E-state index in [0.717, 1.165) is 36.7 Å². The monoisotopic (exact) mass is 371 g/mol. The largest absolute Gasteiger partial charge is 0.480 e. The van der Waals surface area contributed by atoms with Crippen molar-refractivity contribution in [3.8, 4) is 0 Å². The molecule has 1 saturated carbocycles. The number of carboxylic acid groups (broad SMARTS) is 1. The second-order valence-corrected chi connectivity index (χ2v) is 7.89. The van der Waals surface area contributed by atoms with Crippen LogP contribution in [0.4, 0.5) is 0 Å². The Labute approximate surface area is 139 Å². The van der Waals surface area contributed by atoms with Gasteiger partial charge in [-0.05, 0) is 62.9 Å². The van der Waals surface area contributed by atoms with Gasteiger partial charge in [-0.1, -0.05) is 22.9 Å². The summed E-state index contributed by atoms with van der Waals surface area (Å²) < 4.78 is 1.07. The van der Waals surface area contributed by atoms with Crippen LogP contribution in [0.3, 0.4) is 0 Å². The number of carboxylic acids is 1. The Morgan fingerprint density at radius 3 is 2.81 bits per heavy atom. The van der Waals surface area contributed by atoms with E-state index in [0.29, 0.717) is 11.7 Å². The van der Waals surface area contributed by atoms with Crippen molar-refractivity contribution in [2.24, 2.45) is 0 Å². The zero-order valence-corrected chi connectivity index (χ0v) is 14.7. The van der Waals surface area contributed by atoms with Gasteiger partial charge in [-0.15, -0.1) is 11.8 Å². The number of benzene rings is 1. The summed E-state index contributed by atoms with van der Waals surface area (Å²) in [5.41, 5.74) is -0.735. The molecule has 0 radical (unpaired) electrons. The Balaban J connectivity index is 2.04. The van der Waals surface area contributed by atoms with Gasteiger partial charge in [-0.25, -0.2) is 0 Å². The van der Waals surface area contributed by atoms with Crippen LogP contribution in [-0.4, -0.2) is 28.4 Å². The summed E-state index contributed by atoms with van der Waals surface area (Å²) in [6, 6.07) is 8.24. The molecule has 0 amide bonds. The quantitative estimate of drug-likeness (QED) is 0.782. The molecule has 21 heavy (non-hydrogen) atoms. The number of halogens is 1. The Hall–Kier alpha value is -0.520. The van der Waals surface area contributed by atoms with Crippen molar-refractivity contribution in [1.29, 1.82) is 0 Å². The van der Waals surface area contributed by atoms with Crippen LogP contribution in [0.5, 0.6) is 0 Å². The zero-order chi connectivity index (χ0) is 15.3. The molecule has 0 spiro atoms. The van der Waals surface area contributed by atoms with E-state index in [4.69, 9.17) is 0 Å². The van der Waals surface area contributed by atoms with Gasteiger partial charge in [-0.2, -0.15) is 0 Å². The van der Waals surface area contributed by atoms with Gasteiger partial charge in [0.2, 0.25) is 0 Å². The first-order valence-electron chi connectivity index (χ1n) is 7.46. The van der Waals surface area contributed by atoms with Gasteiger partial charge in [-0.3, -0.25) is 4.79 Å². The molecule has 5 heteroatoms. The van der Waals surface area contributed by atoms with Crippen LogP contribution < -0.4 is 5.32 Å². The highest BCUT2D eigenvalue weighted by Crippen LogP contribution is 2.38. The maximum absolute atomic E-state index is 11.7. The molecule has 2 rings (SSSR count). The minimum Gasteiger partial charge on any atom is -0.480 e. The van der Waals surface area contributed by atoms with Crippen LogP contribution in [0.1, 0.15) is 39.0 Å². The van der Waals surface area contributed by atoms with Crippen molar-refractivity contribution in [1.82, 2.24) is 5.32 Å². The van der Waals surface area contributed by atoms with Gasteiger partial charge in [0.15, 0.2) is 0 Å². The minimum absolute atomic E-state index is 0.361. The smallest absolute Gasteiger partial charge is 0.323 e. The molecule has 0 heterocycles. The van der Waals surface area contributed by atoms with Crippen LogP contribution in [0.2, 0.25) is 0 Å². The summed E-state index contributed by atoms with van der Waals surface area (Å²) in [7, 11) is 0. The molecular weight excluding hydrogens is 350 g/mol. The molecule has 1 aliphatic carbocycles. The number of carbonyl (C=O) groups is 1. The van der Waals surface area contributed by atoms with Crippen molar-refractivity contribution in [2.75, 3.05) is 6.54 Å². The number of aliphatic carboxylic acids is 1. The summed E-state index contributed by atoms with van der Waals surface area (Å²) >= 11 is 5.24. The lowest BCUT2D eigenvalue weighted by atomic mass is 9.81. The highest BCUT2D eigenvalue weighted by atomic mass is 79.9. The van der Waals surface area contributed by atoms with Gasteiger partial charge in [0, 0.05) is 14.6 Å². The molecule has 3 nitrogen and oxygen atoms in total. The summed E-state index contributed by atoms with van der Waals surface area (Å²) in [4.78, 5) is 13.0. The first kappa shape index (κ1) is 16.8. The third kappa shape index (κ3) is 4.47. The van der Waals surface area contributed by atoms with Crippen LogP contribution >= 0.6 is 27.7 Å². The van der Waals surface area contributed by atoms with E-state index in [1.807, 2.05) is 12.1 Å². The minimum atomic E-state index is -0.735. The normalized spacial score (nSPS) is 25.7. The highest BCUT2D eigenvalue weighted by molar-refractivity contribution is 9.10. The zero-order valence-electron chi connectivity index (χ0n) is 12.3. The van der Waals surface area contributed by atoms with Crippen LogP contribution in [0.15, 0.2) is 33.6 Å². The molecule has 0 bridgehead atoms. The van der Waals surface area contributed by atoms with Crippen molar-refractivity contribution in [3.63, 3.8) is 0 Å². The molecule has 2 N–H and O–H groups in total. The van der Waals surface area contributed by atoms with Crippen molar-refractivity contribution in [2.45, 2.75) is 54.7 Å². The van der Waals surface area contributed by atoms with Gasteiger partial charge in [0.1, 0.15) is 5.54 Å². The number of thioether (sulfide) groups is 1. The third-order valence-electron chi connectivity index (χ3n) is 3.94. The van der Waals surface area contributed by atoms with E-state index >= 15 is 0 Å². The lowest BCUT2D eigenvalue weighted by molar-refractivity contribution is -0.146. The molecule has 2 unspecified atom stereocenters. The average Bonchev–Trinajstić information content (AvgIpc) is 2.48. The van der Waals surface area contributed by atoms with E-state index in [9.17, 15) is 9.90 Å². The molecule has 116 valence electrons. The summed E-state index contributed by atoms with van der Waals surface area (Å²) in [6.45, 7) is 2.83. The van der Waals surface area contributed by atoms with E-state index in [1.165, 1.54) is 4.90 Å². The molecular formula is C16H22BrNO2S. The van der Waals surface area contributed by atoms with E-state index < -0.39 is 11.5 Å². The standard InChI is InChI=1S/C16H22BrNO2S/c1-2-10-18-16(15(19)20)9-3-4-14(11-16)21-13-7-5-12(17)6-8-13/h5-8,14,18H,2-4,9-11H2,1H3,(H,19,20). The van der Waals surface area contributed by atoms with Crippen LogP contribution in [0, 0.1) is 0 Å². The fourth-order valence-electron chi connectivity index (χ4n) is 2.83. The molecule has 1 aromatic rings. The van der Waals surface area contributed by atoms with Crippen molar-refractivity contribution in [3.05, 3.63) is 28.7 Å². The maximum atomic E-state index is 11.7. The SMILES string of the molecule is CCCNC1(C(=O)O)CCCC(Sc2ccc(Br)cc2)C1. The summed E-state index contributed by atoms with van der Waals surface area (Å²) in [6.07, 6.45) is 4.45. The van der Waals surface area contributed by atoms with Crippen molar-refractivity contribution < 1.29 is 9.90 Å². The van der Waals surface area contributed by atoms with Gasteiger partial charge in [0.25, 0.3) is 0 Å². The van der Waals surface area contributed by atoms with Crippen LogP contribution in [0.25, 0.3) is 0 Å². The van der Waals surface area contributed by atoms with E-state index in [2.05, 4.69) is 40.3 Å². The number of rotatable bonds is 6. The molecule has 0 aliphatic heterocycles. The lowest BCUT2D eigenvalue weighted by Gasteiger charge is -2.38. The number of hydrogen-bond acceptors (Lipinski definition) is 3. The molecule has 1 aromatic carbocycles. The van der Waals surface area contributed by atoms with E-state index in [1.54, 1.807) is 11.8 Å². The molecule has 1 aliphatic rings. The van der Waals surface area contributed by atoms with E-state index in [-0.39, 0.29) is 0 Å². The average molecular weight is 372 g/mol. The second kappa shape index (κ2) is 7.65. The Bertz CT molecular complexity index is 480.